The van der Waals surface area contributed by atoms with Gasteiger partial charge >= 0.3 is 0 Å². The fraction of sp³-hybridized carbons (Fsp3) is 0.600. The Kier molecular flexibility index (Phi) is 3.07. The molecule has 1 aliphatic carbocycles. The molecule has 0 bridgehead atoms. The average molecular weight is 218 g/mol. The smallest absolute Gasteiger partial charge is 0.0795 e. The molecule has 1 fully saturated rings. The first-order chi connectivity index (χ1) is 7.48. The van der Waals surface area contributed by atoms with Crippen molar-refractivity contribution in [3.05, 3.63) is 35.4 Å². The molecule has 0 amide bonds. The molecular weight excluding hydrogens is 196 g/mol. The molecule has 88 valence electrons. The van der Waals surface area contributed by atoms with Crippen molar-refractivity contribution in [2.24, 2.45) is 5.92 Å². The van der Waals surface area contributed by atoms with Gasteiger partial charge in [-0.05, 0) is 28.9 Å². The van der Waals surface area contributed by atoms with Crippen molar-refractivity contribution in [2.45, 2.75) is 51.6 Å². The fourth-order valence-corrected chi connectivity index (χ4v) is 2.27. The molecule has 1 heteroatoms. The Morgan fingerprint density at radius 3 is 2.44 bits per heavy atom. The van der Waals surface area contributed by atoms with Gasteiger partial charge in [0.25, 0.3) is 0 Å². The first-order valence-corrected chi connectivity index (χ1v) is 6.26. The van der Waals surface area contributed by atoms with E-state index in [1.165, 1.54) is 18.4 Å². The van der Waals surface area contributed by atoms with Gasteiger partial charge < -0.3 is 5.11 Å². The lowest BCUT2D eigenvalue weighted by atomic mass is 9.81. The maximum Gasteiger partial charge on any atom is 0.0795 e. The van der Waals surface area contributed by atoms with Gasteiger partial charge in [-0.25, -0.2) is 0 Å². The Morgan fingerprint density at radius 1 is 1.25 bits per heavy atom. The van der Waals surface area contributed by atoms with Crippen LogP contribution >= 0.6 is 0 Å². The molecule has 1 aromatic carbocycles. The van der Waals surface area contributed by atoms with Crippen LogP contribution in [0.25, 0.3) is 0 Å². The second-order valence-corrected chi connectivity index (χ2v) is 6.03. The average Bonchev–Trinajstić information content (AvgIpc) is 3.00. The Bertz CT molecular complexity index is 358. The number of hydrogen-bond acceptors (Lipinski definition) is 1. The van der Waals surface area contributed by atoms with Crippen LogP contribution in [0, 0.1) is 5.92 Å². The van der Waals surface area contributed by atoms with Crippen molar-refractivity contribution in [1.82, 2.24) is 0 Å². The highest BCUT2D eigenvalue weighted by molar-refractivity contribution is 5.34. The van der Waals surface area contributed by atoms with Crippen molar-refractivity contribution < 1.29 is 5.11 Å². The third-order valence-corrected chi connectivity index (χ3v) is 3.38. The summed E-state index contributed by atoms with van der Waals surface area (Å²) < 4.78 is 0. The Labute approximate surface area is 98.5 Å². The summed E-state index contributed by atoms with van der Waals surface area (Å²) in [5.41, 5.74) is 2.52. The van der Waals surface area contributed by atoms with Gasteiger partial charge in [0, 0.05) is 0 Å². The van der Waals surface area contributed by atoms with Crippen LogP contribution in [0.1, 0.15) is 57.3 Å². The number of rotatable bonds is 3. The molecule has 1 saturated carbocycles. The standard InChI is InChI=1S/C15H22O/c1-15(2,3)13-7-5-4-6-12(13)14(16)10-11-8-9-11/h4-7,11,14,16H,8-10H2,1-3H3. The molecule has 0 saturated heterocycles. The molecule has 1 N–H and O–H groups in total. The molecular formula is C15H22O. The summed E-state index contributed by atoms with van der Waals surface area (Å²) in [4.78, 5) is 0. The lowest BCUT2D eigenvalue weighted by Gasteiger charge is -2.25. The summed E-state index contributed by atoms with van der Waals surface area (Å²) in [6.07, 6.45) is 3.26. The SMILES string of the molecule is CC(C)(C)c1ccccc1C(O)CC1CC1. The predicted molar refractivity (Wildman–Crippen MR) is 67.4 cm³/mol. The molecule has 0 heterocycles. The molecule has 2 rings (SSSR count). The maximum absolute atomic E-state index is 10.3. The van der Waals surface area contributed by atoms with E-state index >= 15 is 0 Å². The molecule has 0 spiro atoms. The van der Waals surface area contributed by atoms with E-state index in [9.17, 15) is 5.11 Å². The first-order valence-electron chi connectivity index (χ1n) is 6.26. The summed E-state index contributed by atoms with van der Waals surface area (Å²) in [7, 11) is 0. The second-order valence-electron chi connectivity index (χ2n) is 6.03. The van der Waals surface area contributed by atoms with Gasteiger partial charge in [0.2, 0.25) is 0 Å². The molecule has 0 aliphatic heterocycles. The largest absolute Gasteiger partial charge is 0.388 e. The molecule has 1 atom stereocenters. The van der Waals surface area contributed by atoms with Gasteiger partial charge in [-0.15, -0.1) is 0 Å². The van der Waals surface area contributed by atoms with Crippen molar-refractivity contribution in [2.75, 3.05) is 0 Å². The number of benzene rings is 1. The highest BCUT2D eigenvalue weighted by atomic mass is 16.3. The van der Waals surface area contributed by atoms with Crippen molar-refractivity contribution in [3.8, 4) is 0 Å². The third-order valence-electron chi connectivity index (χ3n) is 3.38. The van der Waals surface area contributed by atoms with Crippen molar-refractivity contribution >= 4 is 0 Å². The van der Waals surface area contributed by atoms with Gasteiger partial charge in [-0.1, -0.05) is 57.9 Å². The van der Waals surface area contributed by atoms with E-state index in [1.54, 1.807) is 0 Å². The monoisotopic (exact) mass is 218 g/mol. The van der Waals surface area contributed by atoms with Gasteiger partial charge in [-0.3, -0.25) is 0 Å². The van der Waals surface area contributed by atoms with Crippen LogP contribution in [0.3, 0.4) is 0 Å². The minimum Gasteiger partial charge on any atom is -0.388 e. The van der Waals surface area contributed by atoms with Gasteiger partial charge in [0.15, 0.2) is 0 Å². The van der Waals surface area contributed by atoms with E-state index in [4.69, 9.17) is 0 Å². The highest BCUT2D eigenvalue weighted by Gasteiger charge is 2.28. The van der Waals surface area contributed by atoms with Gasteiger partial charge in [-0.2, -0.15) is 0 Å². The van der Waals surface area contributed by atoms with Gasteiger partial charge in [0.1, 0.15) is 0 Å². The summed E-state index contributed by atoms with van der Waals surface area (Å²) in [5, 5.41) is 10.3. The summed E-state index contributed by atoms with van der Waals surface area (Å²) in [5.74, 6) is 0.767. The fourth-order valence-electron chi connectivity index (χ4n) is 2.27. The topological polar surface area (TPSA) is 20.2 Å². The Morgan fingerprint density at radius 2 is 1.88 bits per heavy atom. The van der Waals surface area contributed by atoms with E-state index in [0.717, 1.165) is 17.9 Å². The summed E-state index contributed by atoms with van der Waals surface area (Å²) in [6.45, 7) is 6.61. The van der Waals surface area contributed by atoms with E-state index in [0.29, 0.717) is 0 Å². The third kappa shape index (κ3) is 2.65. The van der Waals surface area contributed by atoms with E-state index < -0.39 is 0 Å². The lowest BCUT2D eigenvalue weighted by molar-refractivity contribution is 0.158. The normalized spacial score (nSPS) is 18.5. The Hall–Kier alpha value is -0.820. The number of aliphatic hydroxyl groups is 1. The van der Waals surface area contributed by atoms with E-state index in [2.05, 4.69) is 39.0 Å². The lowest BCUT2D eigenvalue weighted by Crippen LogP contribution is -2.16. The zero-order chi connectivity index (χ0) is 11.8. The number of hydrogen-bond donors (Lipinski definition) is 1. The maximum atomic E-state index is 10.3. The summed E-state index contributed by atoms with van der Waals surface area (Å²) >= 11 is 0. The zero-order valence-corrected chi connectivity index (χ0v) is 10.5. The van der Waals surface area contributed by atoms with Crippen LogP contribution in [0.5, 0.6) is 0 Å². The molecule has 1 aromatic rings. The molecule has 0 aromatic heterocycles. The minimum absolute atomic E-state index is 0.112. The highest BCUT2D eigenvalue weighted by Crippen LogP contribution is 2.39. The van der Waals surface area contributed by atoms with Crippen molar-refractivity contribution in [1.29, 1.82) is 0 Å². The zero-order valence-electron chi connectivity index (χ0n) is 10.5. The molecule has 1 unspecified atom stereocenters. The second kappa shape index (κ2) is 4.21. The quantitative estimate of drug-likeness (QED) is 0.817. The minimum atomic E-state index is -0.275. The molecule has 16 heavy (non-hydrogen) atoms. The van der Waals surface area contributed by atoms with Crippen LogP contribution in [0.15, 0.2) is 24.3 Å². The van der Waals surface area contributed by atoms with Crippen LogP contribution < -0.4 is 0 Å². The van der Waals surface area contributed by atoms with E-state index in [-0.39, 0.29) is 11.5 Å². The Balaban J connectivity index is 2.24. The van der Waals surface area contributed by atoms with Crippen molar-refractivity contribution in [3.63, 3.8) is 0 Å². The predicted octanol–water partition coefficient (Wildman–Crippen LogP) is 3.82. The molecule has 1 nitrogen and oxygen atoms in total. The van der Waals surface area contributed by atoms with Crippen LogP contribution in [0.2, 0.25) is 0 Å². The van der Waals surface area contributed by atoms with Crippen LogP contribution in [-0.2, 0) is 5.41 Å². The van der Waals surface area contributed by atoms with Crippen LogP contribution in [0.4, 0.5) is 0 Å². The van der Waals surface area contributed by atoms with Crippen LogP contribution in [-0.4, -0.2) is 5.11 Å². The number of aliphatic hydroxyl groups excluding tert-OH is 1. The summed E-state index contributed by atoms with van der Waals surface area (Å²) in [6, 6.07) is 8.31. The van der Waals surface area contributed by atoms with E-state index in [1.807, 2.05) is 6.07 Å². The first kappa shape index (κ1) is 11.7. The molecule has 1 aliphatic rings. The van der Waals surface area contributed by atoms with Gasteiger partial charge in [0.05, 0.1) is 6.10 Å². The molecule has 0 radical (unpaired) electrons.